The molecule has 0 aliphatic rings. The summed E-state index contributed by atoms with van der Waals surface area (Å²) < 4.78 is 61.9. The highest BCUT2D eigenvalue weighted by atomic mass is 19.4. The number of nitrogens with two attached hydrogens (primary N) is 1. The monoisotopic (exact) mass is 239 g/mol. The van der Waals surface area contributed by atoms with Gasteiger partial charge >= 0.3 is 12.1 Å². The van der Waals surface area contributed by atoms with E-state index in [2.05, 4.69) is 0 Å². The second-order valence-corrected chi connectivity index (χ2v) is 3.34. The normalized spacial score (nSPS) is 12.9. The lowest BCUT2D eigenvalue weighted by Gasteiger charge is -2.20. The third-order valence-corrected chi connectivity index (χ3v) is 2.25. The number of anilines is 1. The Morgan fingerprint density at radius 1 is 1.12 bits per heavy atom. The first-order chi connectivity index (χ1) is 7.20. The van der Waals surface area contributed by atoms with Gasteiger partial charge in [0, 0.05) is 11.3 Å². The van der Waals surface area contributed by atoms with Gasteiger partial charge in [0.2, 0.25) is 0 Å². The van der Waals surface area contributed by atoms with Gasteiger partial charge in [-0.05, 0) is 18.1 Å². The molecule has 0 aliphatic carbocycles. The van der Waals surface area contributed by atoms with E-state index in [1.165, 1.54) is 6.07 Å². The van der Waals surface area contributed by atoms with Crippen molar-refractivity contribution in [3.8, 4) is 0 Å². The molecule has 1 aromatic rings. The summed E-state index contributed by atoms with van der Waals surface area (Å²) in [6.07, 6.45) is -5.13. The van der Waals surface area contributed by atoms with Crippen LogP contribution >= 0.6 is 0 Å². The number of halogens is 5. The molecule has 1 rings (SSSR count). The summed E-state index contributed by atoms with van der Waals surface area (Å²) in [5.41, 5.74) is 4.73. The number of hydrogen-bond donors (Lipinski definition) is 1. The molecule has 0 aliphatic heterocycles. The van der Waals surface area contributed by atoms with Crippen molar-refractivity contribution in [1.29, 1.82) is 0 Å². The van der Waals surface area contributed by atoms with E-state index in [1.54, 1.807) is 6.92 Å². The van der Waals surface area contributed by atoms with Crippen LogP contribution in [0.25, 0.3) is 0 Å². The van der Waals surface area contributed by atoms with Crippen LogP contribution < -0.4 is 5.73 Å². The maximum atomic E-state index is 12.9. The highest BCUT2D eigenvalue weighted by Gasteiger charge is 2.58. The van der Waals surface area contributed by atoms with Crippen LogP contribution in [0.3, 0.4) is 0 Å². The zero-order chi connectivity index (χ0) is 12.6. The van der Waals surface area contributed by atoms with Gasteiger partial charge in [0.05, 0.1) is 0 Å². The zero-order valence-corrected chi connectivity index (χ0v) is 8.41. The van der Waals surface area contributed by atoms with E-state index < -0.39 is 17.7 Å². The molecule has 90 valence electrons. The van der Waals surface area contributed by atoms with Crippen LogP contribution in [0.5, 0.6) is 0 Å². The number of aryl methyl sites for hydroxylation is 1. The molecule has 0 saturated heterocycles. The molecule has 1 aromatic carbocycles. The maximum absolute atomic E-state index is 12.9. The zero-order valence-electron chi connectivity index (χ0n) is 8.41. The number of nitrogen functional groups attached to an aromatic ring is 1. The van der Waals surface area contributed by atoms with Crippen molar-refractivity contribution in [2.24, 2.45) is 0 Å². The fourth-order valence-electron chi connectivity index (χ4n) is 1.28. The molecule has 0 amide bonds. The molecule has 0 heterocycles. The molecule has 0 unspecified atom stereocenters. The summed E-state index contributed by atoms with van der Waals surface area (Å²) in [6.45, 7) is 1.73. The third kappa shape index (κ3) is 2.10. The van der Waals surface area contributed by atoms with Crippen LogP contribution in [0.4, 0.5) is 27.6 Å². The molecule has 0 fully saturated rings. The Kier molecular flexibility index (Phi) is 3.12. The maximum Gasteiger partial charge on any atom is 0.458 e. The first kappa shape index (κ1) is 12.7. The molecular formula is C10H10F5N. The summed E-state index contributed by atoms with van der Waals surface area (Å²) in [7, 11) is 0. The molecule has 0 saturated carbocycles. The predicted molar refractivity (Wildman–Crippen MR) is 50.2 cm³/mol. The predicted octanol–water partition coefficient (Wildman–Crippen LogP) is 3.49. The van der Waals surface area contributed by atoms with Crippen molar-refractivity contribution in [2.75, 3.05) is 5.73 Å². The summed E-state index contributed by atoms with van der Waals surface area (Å²) in [4.78, 5) is 0. The van der Waals surface area contributed by atoms with Gasteiger partial charge in [-0.3, -0.25) is 0 Å². The van der Waals surface area contributed by atoms with Crippen LogP contribution in [0, 0.1) is 0 Å². The molecule has 0 atom stereocenters. The first-order valence-electron chi connectivity index (χ1n) is 4.53. The van der Waals surface area contributed by atoms with Crippen LogP contribution in [-0.4, -0.2) is 6.18 Å². The standard InChI is InChI=1S/C10H10F5N/c1-2-6-3-4-7(5-8(6)16)9(11,12)10(13,14)15/h3-5H,2,16H2,1H3. The quantitative estimate of drug-likeness (QED) is 0.620. The minimum Gasteiger partial charge on any atom is -0.398 e. The Hall–Kier alpha value is -1.33. The van der Waals surface area contributed by atoms with Crippen molar-refractivity contribution in [3.63, 3.8) is 0 Å². The fourth-order valence-corrected chi connectivity index (χ4v) is 1.28. The Labute approximate surface area is 89.1 Å². The fraction of sp³-hybridized carbons (Fsp3) is 0.400. The first-order valence-corrected chi connectivity index (χ1v) is 4.53. The van der Waals surface area contributed by atoms with Gasteiger partial charge in [0.25, 0.3) is 0 Å². The Balaban J connectivity index is 3.20. The number of rotatable bonds is 2. The summed E-state index contributed by atoms with van der Waals surface area (Å²) in [5, 5.41) is 0. The van der Waals surface area contributed by atoms with Gasteiger partial charge in [-0.25, -0.2) is 0 Å². The van der Waals surface area contributed by atoms with Gasteiger partial charge in [0.15, 0.2) is 0 Å². The molecule has 2 N–H and O–H groups in total. The lowest BCUT2D eigenvalue weighted by atomic mass is 10.0. The Bertz CT molecular complexity index is 383. The minimum atomic E-state index is -5.60. The van der Waals surface area contributed by atoms with Gasteiger partial charge in [0.1, 0.15) is 0 Å². The highest BCUT2D eigenvalue weighted by molar-refractivity contribution is 5.50. The van der Waals surface area contributed by atoms with Crippen molar-refractivity contribution >= 4 is 5.69 Å². The van der Waals surface area contributed by atoms with E-state index in [9.17, 15) is 22.0 Å². The molecule has 0 bridgehead atoms. The van der Waals surface area contributed by atoms with E-state index in [1.807, 2.05) is 0 Å². The van der Waals surface area contributed by atoms with E-state index in [-0.39, 0.29) is 5.69 Å². The van der Waals surface area contributed by atoms with Crippen molar-refractivity contribution in [1.82, 2.24) is 0 Å². The van der Waals surface area contributed by atoms with E-state index in [0.717, 1.165) is 6.07 Å². The molecule has 1 nitrogen and oxygen atoms in total. The third-order valence-electron chi connectivity index (χ3n) is 2.25. The second-order valence-electron chi connectivity index (χ2n) is 3.34. The van der Waals surface area contributed by atoms with Crippen molar-refractivity contribution < 1.29 is 22.0 Å². The Morgan fingerprint density at radius 3 is 2.06 bits per heavy atom. The van der Waals surface area contributed by atoms with Gasteiger partial charge in [-0.2, -0.15) is 22.0 Å². The molecule has 16 heavy (non-hydrogen) atoms. The molecular weight excluding hydrogens is 229 g/mol. The largest absolute Gasteiger partial charge is 0.458 e. The van der Waals surface area contributed by atoms with E-state index >= 15 is 0 Å². The lowest BCUT2D eigenvalue weighted by Crippen LogP contribution is -2.33. The molecule has 0 radical (unpaired) electrons. The topological polar surface area (TPSA) is 26.0 Å². The molecule has 6 heteroatoms. The average molecular weight is 239 g/mol. The average Bonchev–Trinajstić information content (AvgIpc) is 2.15. The van der Waals surface area contributed by atoms with Crippen molar-refractivity contribution in [2.45, 2.75) is 25.4 Å². The number of alkyl halides is 5. The molecule has 0 spiro atoms. The van der Waals surface area contributed by atoms with Crippen LogP contribution in [0.1, 0.15) is 18.1 Å². The smallest absolute Gasteiger partial charge is 0.398 e. The van der Waals surface area contributed by atoms with Gasteiger partial charge in [-0.15, -0.1) is 0 Å². The van der Waals surface area contributed by atoms with Crippen LogP contribution in [0.15, 0.2) is 18.2 Å². The highest BCUT2D eigenvalue weighted by Crippen LogP contribution is 2.44. The SMILES string of the molecule is CCc1ccc(C(F)(F)C(F)(F)F)cc1N. The summed E-state index contributed by atoms with van der Waals surface area (Å²) in [5.74, 6) is -4.87. The number of benzene rings is 1. The minimum absolute atomic E-state index is 0.0519. The second kappa shape index (κ2) is 3.92. The van der Waals surface area contributed by atoms with E-state index in [0.29, 0.717) is 18.1 Å². The van der Waals surface area contributed by atoms with Gasteiger partial charge in [-0.1, -0.05) is 19.1 Å². The summed E-state index contributed by atoms with van der Waals surface area (Å²) in [6, 6.07) is 2.61. The van der Waals surface area contributed by atoms with Crippen molar-refractivity contribution in [3.05, 3.63) is 29.3 Å². The number of hydrogen-bond acceptors (Lipinski definition) is 1. The molecule has 0 aromatic heterocycles. The Morgan fingerprint density at radius 2 is 1.69 bits per heavy atom. The lowest BCUT2D eigenvalue weighted by molar-refractivity contribution is -0.289. The summed E-state index contributed by atoms with van der Waals surface area (Å²) >= 11 is 0. The van der Waals surface area contributed by atoms with Crippen LogP contribution in [0.2, 0.25) is 0 Å². The van der Waals surface area contributed by atoms with E-state index in [4.69, 9.17) is 5.73 Å². The van der Waals surface area contributed by atoms with Crippen LogP contribution in [-0.2, 0) is 12.3 Å². The van der Waals surface area contributed by atoms with Gasteiger partial charge < -0.3 is 5.73 Å².